The van der Waals surface area contributed by atoms with Crippen molar-refractivity contribution < 1.29 is 13.9 Å². The molecule has 39 heavy (non-hydrogen) atoms. The fourth-order valence-corrected chi connectivity index (χ4v) is 5.43. The molecule has 1 heterocycles. The van der Waals surface area contributed by atoms with Crippen LogP contribution in [0, 0.1) is 19.7 Å². The average molecular weight is 537 g/mol. The van der Waals surface area contributed by atoms with Crippen LogP contribution in [-0.4, -0.2) is 16.0 Å². The highest BCUT2D eigenvalue weighted by atomic mass is 32.2. The summed E-state index contributed by atoms with van der Waals surface area (Å²) in [4.78, 5) is 20.8. The number of benzene rings is 4. The Morgan fingerprint density at radius 2 is 1.46 bits per heavy atom. The molecule has 0 aromatic heterocycles. The molecular formula is C33H29FN2O2S. The fraction of sp³-hybridized carbons (Fsp3) is 0.152. The number of carbonyl (C=O) groups is 1. The van der Waals surface area contributed by atoms with Crippen molar-refractivity contribution in [1.82, 2.24) is 4.90 Å². The Hall–Kier alpha value is -4.16. The molecule has 4 aromatic carbocycles. The molecule has 0 bridgehead atoms. The van der Waals surface area contributed by atoms with Crippen molar-refractivity contribution in [1.29, 1.82) is 0 Å². The van der Waals surface area contributed by atoms with Crippen molar-refractivity contribution >= 4 is 28.9 Å². The van der Waals surface area contributed by atoms with Crippen molar-refractivity contribution in [3.63, 3.8) is 0 Å². The van der Waals surface area contributed by atoms with Crippen LogP contribution < -0.4 is 4.74 Å². The first kappa shape index (κ1) is 26.4. The molecule has 196 valence electrons. The van der Waals surface area contributed by atoms with Gasteiger partial charge in [-0.3, -0.25) is 14.7 Å². The highest BCUT2D eigenvalue weighted by molar-refractivity contribution is 8.18. The maximum atomic E-state index is 13.6. The summed E-state index contributed by atoms with van der Waals surface area (Å²) in [7, 11) is 0. The number of aryl methyl sites for hydroxylation is 2. The highest BCUT2D eigenvalue weighted by Crippen LogP contribution is 2.35. The third-order valence-corrected chi connectivity index (χ3v) is 7.43. The lowest BCUT2D eigenvalue weighted by atomic mass is 10.0. The second kappa shape index (κ2) is 12.1. The SMILES string of the molecule is Cc1cc(/C=C2\SC(=NCc3ccccc3)N(Cc3ccccc3)C2=O)cc(C)c1OCc1ccc(F)cc1. The predicted molar refractivity (Wildman–Crippen MR) is 157 cm³/mol. The van der Waals surface area contributed by atoms with E-state index in [0.717, 1.165) is 39.1 Å². The van der Waals surface area contributed by atoms with Crippen LogP contribution in [0.4, 0.5) is 4.39 Å². The van der Waals surface area contributed by atoms with Crippen LogP contribution in [-0.2, 0) is 24.5 Å². The number of thioether (sulfide) groups is 1. The quantitative estimate of drug-likeness (QED) is 0.217. The van der Waals surface area contributed by atoms with E-state index in [1.165, 1.54) is 23.9 Å². The number of hydrogen-bond donors (Lipinski definition) is 0. The lowest BCUT2D eigenvalue weighted by molar-refractivity contribution is -0.122. The Balaban J connectivity index is 1.38. The van der Waals surface area contributed by atoms with Gasteiger partial charge in [-0.15, -0.1) is 0 Å². The molecule has 0 unspecified atom stereocenters. The molecule has 0 aliphatic carbocycles. The summed E-state index contributed by atoms with van der Waals surface area (Å²) < 4.78 is 19.3. The van der Waals surface area contributed by atoms with Crippen LogP contribution in [0.15, 0.2) is 107 Å². The summed E-state index contributed by atoms with van der Waals surface area (Å²) in [5.74, 6) is 0.476. The molecule has 1 saturated heterocycles. The van der Waals surface area contributed by atoms with Crippen LogP contribution >= 0.6 is 11.8 Å². The van der Waals surface area contributed by atoms with E-state index < -0.39 is 0 Å². The van der Waals surface area contributed by atoms with Crippen molar-refractivity contribution in [3.05, 3.63) is 141 Å². The van der Waals surface area contributed by atoms with Gasteiger partial charge in [0.1, 0.15) is 18.2 Å². The minimum absolute atomic E-state index is 0.0531. The topological polar surface area (TPSA) is 41.9 Å². The molecule has 0 atom stereocenters. The van der Waals surface area contributed by atoms with Gasteiger partial charge in [0.05, 0.1) is 18.0 Å². The van der Waals surface area contributed by atoms with Gasteiger partial charge in [-0.05, 0) is 89.3 Å². The Morgan fingerprint density at radius 3 is 2.10 bits per heavy atom. The fourth-order valence-electron chi connectivity index (χ4n) is 4.46. The molecular weight excluding hydrogens is 507 g/mol. The Bertz CT molecular complexity index is 1490. The van der Waals surface area contributed by atoms with E-state index in [1.807, 2.05) is 92.7 Å². The average Bonchev–Trinajstić information content (AvgIpc) is 3.22. The van der Waals surface area contributed by atoms with Gasteiger partial charge < -0.3 is 4.74 Å². The van der Waals surface area contributed by atoms with Gasteiger partial charge in [-0.2, -0.15) is 0 Å². The summed E-state index contributed by atoms with van der Waals surface area (Å²) >= 11 is 1.41. The summed E-state index contributed by atoms with van der Waals surface area (Å²) in [6.07, 6.45) is 1.93. The molecule has 0 N–H and O–H groups in total. The van der Waals surface area contributed by atoms with Gasteiger partial charge in [-0.1, -0.05) is 72.8 Å². The first-order valence-electron chi connectivity index (χ1n) is 12.8. The number of carbonyl (C=O) groups excluding carboxylic acids is 1. The maximum Gasteiger partial charge on any atom is 0.267 e. The lowest BCUT2D eigenvalue weighted by Crippen LogP contribution is -2.28. The van der Waals surface area contributed by atoms with Crippen molar-refractivity contribution in [2.24, 2.45) is 4.99 Å². The zero-order valence-corrected chi connectivity index (χ0v) is 22.7. The summed E-state index contributed by atoms with van der Waals surface area (Å²) in [6, 6.07) is 30.4. The smallest absolute Gasteiger partial charge is 0.267 e. The van der Waals surface area contributed by atoms with Crippen LogP contribution in [0.1, 0.15) is 33.4 Å². The third-order valence-electron chi connectivity index (χ3n) is 6.39. The van der Waals surface area contributed by atoms with Crippen LogP contribution in [0.25, 0.3) is 6.08 Å². The van der Waals surface area contributed by atoms with Gasteiger partial charge in [0.2, 0.25) is 0 Å². The van der Waals surface area contributed by atoms with E-state index in [4.69, 9.17) is 9.73 Å². The molecule has 1 aliphatic rings. The second-order valence-electron chi connectivity index (χ2n) is 9.47. The van der Waals surface area contributed by atoms with Crippen LogP contribution in [0.2, 0.25) is 0 Å². The monoisotopic (exact) mass is 536 g/mol. The molecule has 6 heteroatoms. The van der Waals surface area contributed by atoms with E-state index in [2.05, 4.69) is 0 Å². The van der Waals surface area contributed by atoms with Crippen LogP contribution in [0.3, 0.4) is 0 Å². The standard InChI is InChI=1S/C33H29FN2O2S/c1-23-17-28(18-24(2)31(23)38-22-27-13-15-29(34)16-14-27)19-30-32(37)36(21-26-11-7-4-8-12-26)33(39-30)35-20-25-9-5-3-6-10-25/h3-19H,20-22H2,1-2H3/b30-19-,35-33?. The van der Waals surface area contributed by atoms with Gasteiger partial charge >= 0.3 is 0 Å². The summed E-state index contributed by atoms with van der Waals surface area (Å²) in [5.41, 5.74) is 5.92. The molecule has 0 radical (unpaired) electrons. The Labute approximate surface area is 232 Å². The number of amides is 1. The van der Waals surface area contributed by atoms with Crippen LogP contribution in [0.5, 0.6) is 5.75 Å². The van der Waals surface area contributed by atoms with Gasteiger partial charge in [0.25, 0.3) is 5.91 Å². The number of aliphatic imine (C=N–C) groups is 1. The highest BCUT2D eigenvalue weighted by Gasteiger charge is 2.33. The maximum absolute atomic E-state index is 13.6. The van der Waals surface area contributed by atoms with Crippen molar-refractivity contribution in [3.8, 4) is 5.75 Å². The Morgan fingerprint density at radius 1 is 0.846 bits per heavy atom. The molecule has 5 rings (SSSR count). The molecule has 0 saturated carbocycles. The normalized spacial score (nSPS) is 15.4. The molecule has 1 amide bonds. The predicted octanol–water partition coefficient (Wildman–Crippen LogP) is 7.69. The first-order chi connectivity index (χ1) is 19.0. The van der Waals surface area contributed by atoms with Gasteiger partial charge in [0, 0.05) is 0 Å². The lowest BCUT2D eigenvalue weighted by Gasteiger charge is -2.16. The Kier molecular flexibility index (Phi) is 8.23. The van der Waals surface area contributed by atoms with Crippen molar-refractivity contribution in [2.75, 3.05) is 0 Å². The van der Waals surface area contributed by atoms with E-state index in [0.29, 0.717) is 29.8 Å². The minimum Gasteiger partial charge on any atom is -0.488 e. The second-order valence-corrected chi connectivity index (χ2v) is 10.5. The van der Waals surface area contributed by atoms with E-state index in [1.54, 1.807) is 17.0 Å². The van der Waals surface area contributed by atoms with E-state index in [-0.39, 0.29) is 11.7 Å². The molecule has 4 nitrogen and oxygen atoms in total. The number of hydrogen-bond acceptors (Lipinski definition) is 4. The first-order valence-corrected chi connectivity index (χ1v) is 13.6. The van der Waals surface area contributed by atoms with Gasteiger partial charge in [0.15, 0.2) is 5.17 Å². The zero-order valence-electron chi connectivity index (χ0n) is 21.9. The summed E-state index contributed by atoms with van der Waals surface area (Å²) in [6.45, 7) is 5.31. The molecule has 1 fully saturated rings. The van der Waals surface area contributed by atoms with E-state index >= 15 is 0 Å². The molecule has 0 spiro atoms. The number of ether oxygens (including phenoxy) is 1. The number of rotatable bonds is 8. The number of halogens is 1. The largest absolute Gasteiger partial charge is 0.488 e. The summed E-state index contributed by atoms with van der Waals surface area (Å²) in [5, 5.41) is 0.701. The van der Waals surface area contributed by atoms with E-state index in [9.17, 15) is 9.18 Å². The number of amidine groups is 1. The third kappa shape index (κ3) is 6.65. The molecule has 1 aliphatic heterocycles. The molecule has 4 aromatic rings. The number of nitrogens with zero attached hydrogens (tertiary/aromatic N) is 2. The minimum atomic E-state index is -0.265. The van der Waals surface area contributed by atoms with Gasteiger partial charge in [-0.25, -0.2) is 4.39 Å². The van der Waals surface area contributed by atoms with Crippen molar-refractivity contribution in [2.45, 2.75) is 33.5 Å². The zero-order chi connectivity index (χ0) is 27.2.